The third-order valence-electron chi connectivity index (χ3n) is 8.50. The maximum absolute atomic E-state index is 13.4. The Hall–Kier alpha value is -3.41. The number of carboxylic acids is 1. The van der Waals surface area contributed by atoms with Crippen molar-refractivity contribution in [2.75, 3.05) is 0 Å². The lowest BCUT2D eigenvalue weighted by Crippen LogP contribution is -2.55. The third kappa shape index (κ3) is 6.10. The summed E-state index contributed by atoms with van der Waals surface area (Å²) in [7, 11) is 0. The van der Waals surface area contributed by atoms with Crippen LogP contribution in [0, 0.1) is 5.92 Å². The molecule has 2 fully saturated rings. The number of rotatable bonds is 7. The molecule has 2 aliphatic carbocycles. The molecule has 3 aromatic rings. The van der Waals surface area contributed by atoms with E-state index in [4.69, 9.17) is 9.72 Å². The minimum Gasteiger partial charge on any atom is -0.480 e. The molecule has 1 aromatic heterocycles. The SMILES string of the molecule is CC(C)(C)c1ccc(Oc2ccc3cc(C(=O)NC4(C(=O)O)CCCCC4)nc(CC4CCCC4)c3c2)cc1. The maximum Gasteiger partial charge on any atom is 0.329 e. The van der Waals surface area contributed by atoms with E-state index in [0.717, 1.165) is 66.5 Å². The Morgan fingerprint density at radius 1 is 0.949 bits per heavy atom. The van der Waals surface area contributed by atoms with Gasteiger partial charge in [-0.2, -0.15) is 0 Å². The van der Waals surface area contributed by atoms with Crippen molar-refractivity contribution in [2.24, 2.45) is 5.92 Å². The van der Waals surface area contributed by atoms with Gasteiger partial charge in [-0.1, -0.05) is 83.9 Å². The number of carbonyl (C=O) groups excluding carboxylic acids is 1. The number of carbonyl (C=O) groups is 2. The van der Waals surface area contributed by atoms with Gasteiger partial charge in [0.2, 0.25) is 0 Å². The number of benzene rings is 2. The zero-order valence-electron chi connectivity index (χ0n) is 23.4. The van der Waals surface area contributed by atoms with Crippen LogP contribution in [0.5, 0.6) is 11.5 Å². The normalized spacial score (nSPS) is 17.7. The van der Waals surface area contributed by atoms with Crippen molar-refractivity contribution in [3.05, 3.63) is 65.5 Å². The van der Waals surface area contributed by atoms with Crippen LogP contribution < -0.4 is 10.1 Å². The molecule has 0 aliphatic heterocycles. The van der Waals surface area contributed by atoms with Crippen LogP contribution in [0.3, 0.4) is 0 Å². The van der Waals surface area contributed by atoms with Gasteiger partial charge in [0.05, 0.1) is 0 Å². The van der Waals surface area contributed by atoms with E-state index in [0.29, 0.717) is 18.8 Å². The second-order valence-corrected chi connectivity index (χ2v) is 12.5. The molecule has 2 saturated carbocycles. The van der Waals surface area contributed by atoms with Gasteiger partial charge < -0.3 is 15.2 Å². The lowest BCUT2D eigenvalue weighted by molar-refractivity contribution is -0.145. The smallest absolute Gasteiger partial charge is 0.329 e. The zero-order valence-corrected chi connectivity index (χ0v) is 23.4. The van der Waals surface area contributed by atoms with Crippen molar-refractivity contribution in [3.63, 3.8) is 0 Å². The molecule has 2 aliphatic rings. The molecule has 1 heterocycles. The molecule has 0 atom stereocenters. The Kier molecular flexibility index (Phi) is 7.66. The number of fused-ring (bicyclic) bond motifs is 1. The lowest BCUT2D eigenvalue weighted by Gasteiger charge is -2.33. The Labute approximate surface area is 231 Å². The summed E-state index contributed by atoms with van der Waals surface area (Å²) in [5, 5.41) is 14.7. The van der Waals surface area contributed by atoms with Crippen LogP contribution in [0.2, 0.25) is 0 Å². The van der Waals surface area contributed by atoms with Crippen molar-refractivity contribution in [1.82, 2.24) is 10.3 Å². The Morgan fingerprint density at radius 3 is 2.26 bits per heavy atom. The van der Waals surface area contributed by atoms with Gasteiger partial charge in [0.1, 0.15) is 22.7 Å². The van der Waals surface area contributed by atoms with Crippen molar-refractivity contribution in [1.29, 1.82) is 0 Å². The molecule has 6 nitrogen and oxygen atoms in total. The predicted molar refractivity (Wildman–Crippen MR) is 154 cm³/mol. The molecule has 39 heavy (non-hydrogen) atoms. The Bertz CT molecular complexity index is 1340. The quantitative estimate of drug-likeness (QED) is 0.330. The van der Waals surface area contributed by atoms with Gasteiger partial charge >= 0.3 is 5.97 Å². The van der Waals surface area contributed by atoms with E-state index in [9.17, 15) is 14.7 Å². The van der Waals surface area contributed by atoms with E-state index >= 15 is 0 Å². The molecule has 0 radical (unpaired) electrons. The van der Waals surface area contributed by atoms with Crippen LogP contribution in [0.1, 0.15) is 100 Å². The van der Waals surface area contributed by atoms with Gasteiger partial charge in [-0.25, -0.2) is 9.78 Å². The second-order valence-electron chi connectivity index (χ2n) is 12.5. The highest BCUT2D eigenvalue weighted by Gasteiger charge is 2.41. The summed E-state index contributed by atoms with van der Waals surface area (Å²) in [5.41, 5.74) is 1.28. The first-order valence-electron chi connectivity index (χ1n) is 14.4. The van der Waals surface area contributed by atoms with Crippen molar-refractivity contribution in [3.8, 4) is 11.5 Å². The number of aromatic nitrogens is 1. The predicted octanol–water partition coefficient (Wildman–Crippen LogP) is 7.57. The lowest BCUT2D eigenvalue weighted by atomic mass is 9.81. The second kappa shape index (κ2) is 11.0. The molecule has 6 heteroatoms. The molecular weight excluding hydrogens is 488 g/mol. The Balaban J connectivity index is 1.45. The van der Waals surface area contributed by atoms with Crippen molar-refractivity contribution >= 4 is 22.6 Å². The van der Waals surface area contributed by atoms with Gasteiger partial charge in [-0.05, 0) is 71.9 Å². The van der Waals surface area contributed by atoms with Gasteiger partial charge in [0.25, 0.3) is 5.91 Å². The number of carboxylic acid groups (broad SMARTS) is 1. The third-order valence-corrected chi connectivity index (χ3v) is 8.50. The first kappa shape index (κ1) is 27.2. The van der Waals surface area contributed by atoms with Crippen molar-refractivity contribution < 1.29 is 19.4 Å². The van der Waals surface area contributed by atoms with Crippen LogP contribution in [-0.2, 0) is 16.6 Å². The van der Waals surface area contributed by atoms with E-state index in [1.807, 2.05) is 30.3 Å². The molecule has 0 saturated heterocycles. The van der Waals surface area contributed by atoms with Crippen LogP contribution in [0.25, 0.3) is 10.8 Å². The number of amides is 1. The van der Waals surface area contributed by atoms with Gasteiger partial charge in [0.15, 0.2) is 0 Å². The van der Waals surface area contributed by atoms with E-state index < -0.39 is 17.4 Å². The summed E-state index contributed by atoms with van der Waals surface area (Å²) in [6.07, 6.45) is 9.07. The number of hydrogen-bond donors (Lipinski definition) is 2. The number of pyridine rings is 1. The summed E-state index contributed by atoms with van der Waals surface area (Å²) >= 11 is 0. The summed E-state index contributed by atoms with van der Waals surface area (Å²) in [5.74, 6) is 0.671. The fourth-order valence-electron chi connectivity index (χ4n) is 6.11. The van der Waals surface area contributed by atoms with E-state index in [1.165, 1.54) is 18.4 Å². The van der Waals surface area contributed by atoms with E-state index in [-0.39, 0.29) is 11.1 Å². The molecule has 0 unspecified atom stereocenters. The van der Waals surface area contributed by atoms with Crippen LogP contribution >= 0.6 is 0 Å². The number of nitrogens with zero attached hydrogens (tertiary/aromatic N) is 1. The standard InChI is InChI=1S/C33H40N2O4/c1-32(2,3)24-12-15-25(16-13-24)39-26-14-11-23-20-29(30(36)35-33(31(37)38)17-7-4-8-18-33)34-28(27(23)21-26)19-22-9-5-6-10-22/h11-16,20-22H,4-10,17-19H2,1-3H3,(H,35,36)(H,37,38). The number of aliphatic carboxylic acids is 1. The molecule has 0 bridgehead atoms. The Morgan fingerprint density at radius 2 is 1.62 bits per heavy atom. The highest BCUT2D eigenvalue weighted by atomic mass is 16.5. The van der Waals surface area contributed by atoms with Gasteiger partial charge in [-0.3, -0.25) is 4.79 Å². The number of ether oxygens (including phenoxy) is 1. The average molecular weight is 529 g/mol. The summed E-state index contributed by atoms with van der Waals surface area (Å²) < 4.78 is 6.22. The minimum atomic E-state index is -1.21. The van der Waals surface area contributed by atoms with Crippen LogP contribution in [0.15, 0.2) is 48.5 Å². The van der Waals surface area contributed by atoms with Gasteiger partial charge in [-0.15, -0.1) is 0 Å². The fourth-order valence-corrected chi connectivity index (χ4v) is 6.11. The van der Waals surface area contributed by atoms with Crippen LogP contribution in [-0.4, -0.2) is 27.5 Å². The maximum atomic E-state index is 13.4. The molecule has 0 spiro atoms. The number of nitrogens with one attached hydrogen (secondary N) is 1. The zero-order chi connectivity index (χ0) is 27.6. The average Bonchev–Trinajstić information content (AvgIpc) is 3.42. The molecule has 5 rings (SSSR count). The highest BCUT2D eigenvalue weighted by Crippen LogP contribution is 2.34. The fraction of sp³-hybridized carbons (Fsp3) is 0.485. The highest BCUT2D eigenvalue weighted by molar-refractivity contribution is 6.00. The van der Waals surface area contributed by atoms with E-state index in [1.54, 1.807) is 6.07 Å². The first-order valence-corrected chi connectivity index (χ1v) is 14.4. The molecule has 206 valence electrons. The summed E-state index contributed by atoms with van der Waals surface area (Å²) in [4.78, 5) is 30.4. The largest absolute Gasteiger partial charge is 0.480 e. The monoisotopic (exact) mass is 528 g/mol. The topological polar surface area (TPSA) is 88.5 Å². The summed E-state index contributed by atoms with van der Waals surface area (Å²) in [6, 6.07) is 15.9. The number of hydrogen-bond acceptors (Lipinski definition) is 4. The van der Waals surface area contributed by atoms with Crippen molar-refractivity contribution in [2.45, 2.75) is 95.9 Å². The molecular formula is C33H40N2O4. The minimum absolute atomic E-state index is 0.0768. The molecule has 2 aromatic carbocycles. The van der Waals surface area contributed by atoms with Crippen LogP contribution in [0.4, 0.5) is 0 Å². The first-order chi connectivity index (χ1) is 18.6. The van der Waals surface area contributed by atoms with Gasteiger partial charge in [0, 0.05) is 11.1 Å². The van der Waals surface area contributed by atoms with E-state index in [2.05, 4.69) is 38.2 Å². The molecule has 2 N–H and O–H groups in total. The molecule has 1 amide bonds. The summed E-state index contributed by atoms with van der Waals surface area (Å²) in [6.45, 7) is 6.57.